The second kappa shape index (κ2) is 6.63. The molecule has 2 amide bonds. The summed E-state index contributed by atoms with van der Waals surface area (Å²) in [6, 6.07) is 0.306. The molecule has 2 aliphatic rings. The predicted molar refractivity (Wildman–Crippen MR) is 82.2 cm³/mol. The Morgan fingerprint density at radius 1 is 1.39 bits per heavy atom. The third-order valence-electron chi connectivity index (χ3n) is 4.30. The molecule has 2 aliphatic heterocycles. The van der Waals surface area contributed by atoms with Crippen LogP contribution in [0.3, 0.4) is 0 Å². The van der Waals surface area contributed by atoms with Crippen molar-refractivity contribution in [2.24, 2.45) is 7.05 Å². The number of rotatable bonds is 3. The lowest BCUT2D eigenvalue weighted by Crippen LogP contribution is -2.65. The van der Waals surface area contributed by atoms with E-state index in [0.29, 0.717) is 12.1 Å². The van der Waals surface area contributed by atoms with Crippen molar-refractivity contribution < 1.29 is 9.59 Å². The molecule has 3 heterocycles. The van der Waals surface area contributed by atoms with Gasteiger partial charge in [0.05, 0.1) is 6.20 Å². The van der Waals surface area contributed by atoms with E-state index in [9.17, 15) is 9.59 Å². The molecule has 0 spiro atoms. The molecule has 0 saturated carbocycles. The molecule has 0 aromatic carbocycles. The number of nitrogens with zero attached hydrogens (tertiary/aromatic N) is 4. The van der Waals surface area contributed by atoms with E-state index in [1.807, 2.05) is 6.92 Å². The van der Waals surface area contributed by atoms with Gasteiger partial charge in [-0.1, -0.05) is 5.21 Å². The quantitative estimate of drug-likeness (QED) is 0.645. The Labute approximate surface area is 134 Å². The van der Waals surface area contributed by atoms with Crippen molar-refractivity contribution in [3.05, 3.63) is 11.9 Å². The summed E-state index contributed by atoms with van der Waals surface area (Å²) in [5.74, 6) is -0.103. The molecular weight excluding hydrogens is 298 g/mol. The zero-order valence-electron chi connectivity index (χ0n) is 13.5. The lowest BCUT2D eigenvalue weighted by atomic mass is 10.0. The Kier molecular flexibility index (Phi) is 4.58. The van der Waals surface area contributed by atoms with Gasteiger partial charge < -0.3 is 10.6 Å². The fourth-order valence-corrected chi connectivity index (χ4v) is 3.07. The highest BCUT2D eigenvalue weighted by Crippen LogP contribution is 2.14. The Hall–Kier alpha value is -2.00. The van der Waals surface area contributed by atoms with Crippen LogP contribution < -0.4 is 16.0 Å². The van der Waals surface area contributed by atoms with E-state index in [1.165, 1.54) is 4.68 Å². The minimum absolute atomic E-state index is 0.0827. The highest BCUT2D eigenvalue weighted by molar-refractivity contribution is 5.92. The average molecular weight is 321 g/mol. The Bertz CT molecular complexity index is 579. The van der Waals surface area contributed by atoms with Crippen molar-refractivity contribution in [2.75, 3.05) is 13.1 Å². The largest absolute Gasteiger partial charge is 0.348 e. The first-order chi connectivity index (χ1) is 11.0. The number of aryl methyl sites for hydroxylation is 1. The Morgan fingerprint density at radius 2 is 2.13 bits per heavy atom. The molecule has 1 aromatic heterocycles. The van der Waals surface area contributed by atoms with Crippen molar-refractivity contribution >= 4 is 11.8 Å². The molecule has 2 unspecified atom stereocenters. The molecular formula is C14H23N7O2. The number of carbonyl (C=O) groups is 2. The number of carbonyl (C=O) groups excluding carboxylic acids is 2. The van der Waals surface area contributed by atoms with Gasteiger partial charge in [0, 0.05) is 38.6 Å². The van der Waals surface area contributed by atoms with Gasteiger partial charge in [0.25, 0.3) is 5.91 Å². The molecule has 3 rings (SSSR count). The van der Waals surface area contributed by atoms with Crippen LogP contribution in [0.4, 0.5) is 0 Å². The van der Waals surface area contributed by atoms with Gasteiger partial charge >= 0.3 is 0 Å². The second-order valence-corrected chi connectivity index (χ2v) is 6.30. The standard InChI is InChI=1S/C14H23N7O2/c1-9-7-12(22)17-14(15-9)21-5-3-10(4-6-21)16-13(23)11-8-20(2)19-18-11/h8-10,14-15H,3-7H2,1-2H3,(H,16,23)(H,17,22). The molecule has 0 radical (unpaired) electrons. The van der Waals surface area contributed by atoms with E-state index in [-0.39, 0.29) is 30.2 Å². The number of amides is 2. The summed E-state index contributed by atoms with van der Waals surface area (Å²) in [6.07, 6.45) is 3.69. The molecule has 23 heavy (non-hydrogen) atoms. The van der Waals surface area contributed by atoms with Crippen LogP contribution >= 0.6 is 0 Å². The fraction of sp³-hybridized carbons (Fsp3) is 0.714. The van der Waals surface area contributed by atoms with Crippen molar-refractivity contribution in [3.8, 4) is 0 Å². The van der Waals surface area contributed by atoms with Gasteiger partial charge in [0.15, 0.2) is 5.69 Å². The normalized spacial score (nSPS) is 26.8. The first-order valence-corrected chi connectivity index (χ1v) is 7.98. The highest BCUT2D eigenvalue weighted by Gasteiger charge is 2.31. The van der Waals surface area contributed by atoms with Gasteiger partial charge in [-0.25, -0.2) is 0 Å². The minimum Gasteiger partial charge on any atom is -0.348 e. The van der Waals surface area contributed by atoms with Gasteiger partial charge in [0.1, 0.15) is 6.29 Å². The number of hydrogen-bond acceptors (Lipinski definition) is 6. The molecule has 0 aliphatic carbocycles. The summed E-state index contributed by atoms with van der Waals surface area (Å²) < 4.78 is 1.51. The van der Waals surface area contributed by atoms with Crippen LogP contribution in [0.5, 0.6) is 0 Å². The first kappa shape index (κ1) is 15.9. The number of nitrogens with one attached hydrogen (secondary N) is 3. The van der Waals surface area contributed by atoms with E-state index >= 15 is 0 Å². The number of hydrogen-bond donors (Lipinski definition) is 3. The summed E-state index contributed by atoms with van der Waals surface area (Å²) in [5.41, 5.74) is 0.338. The molecule has 2 fully saturated rings. The van der Waals surface area contributed by atoms with E-state index in [4.69, 9.17) is 0 Å². The monoisotopic (exact) mass is 321 g/mol. The molecule has 1 aromatic rings. The van der Waals surface area contributed by atoms with E-state index < -0.39 is 0 Å². The van der Waals surface area contributed by atoms with Gasteiger partial charge in [-0.3, -0.25) is 24.5 Å². The first-order valence-electron chi connectivity index (χ1n) is 7.98. The number of piperidine rings is 1. The third-order valence-corrected chi connectivity index (χ3v) is 4.30. The SMILES string of the molecule is CC1CC(=O)NC(N2CCC(NC(=O)c3cn(C)nn3)CC2)N1. The van der Waals surface area contributed by atoms with Crippen LogP contribution in [0.25, 0.3) is 0 Å². The van der Waals surface area contributed by atoms with Crippen molar-refractivity contribution in [1.29, 1.82) is 0 Å². The molecule has 2 atom stereocenters. The van der Waals surface area contributed by atoms with Crippen LogP contribution in [-0.2, 0) is 11.8 Å². The number of aromatic nitrogens is 3. The molecule has 9 nitrogen and oxygen atoms in total. The predicted octanol–water partition coefficient (Wildman–Crippen LogP) is -1.21. The van der Waals surface area contributed by atoms with Gasteiger partial charge in [-0.15, -0.1) is 5.10 Å². The average Bonchev–Trinajstić information content (AvgIpc) is 2.94. The zero-order chi connectivity index (χ0) is 16.4. The summed E-state index contributed by atoms with van der Waals surface area (Å²) in [7, 11) is 1.73. The van der Waals surface area contributed by atoms with Gasteiger partial charge in [0.2, 0.25) is 5.91 Å². The maximum Gasteiger partial charge on any atom is 0.273 e. The molecule has 0 bridgehead atoms. The van der Waals surface area contributed by atoms with Gasteiger partial charge in [-0.05, 0) is 19.8 Å². The molecule has 3 N–H and O–H groups in total. The highest BCUT2D eigenvalue weighted by atomic mass is 16.2. The lowest BCUT2D eigenvalue weighted by Gasteiger charge is -2.41. The summed E-state index contributed by atoms with van der Waals surface area (Å²) >= 11 is 0. The maximum atomic E-state index is 12.1. The van der Waals surface area contributed by atoms with Crippen LogP contribution in [0.15, 0.2) is 6.20 Å². The summed E-state index contributed by atoms with van der Waals surface area (Å²) in [6.45, 7) is 3.64. The van der Waals surface area contributed by atoms with Crippen LogP contribution in [0, 0.1) is 0 Å². The van der Waals surface area contributed by atoms with Crippen molar-refractivity contribution in [3.63, 3.8) is 0 Å². The van der Waals surface area contributed by atoms with Crippen LogP contribution in [-0.4, -0.2) is 63.2 Å². The smallest absolute Gasteiger partial charge is 0.273 e. The van der Waals surface area contributed by atoms with Crippen molar-refractivity contribution in [2.45, 2.75) is 44.6 Å². The second-order valence-electron chi connectivity index (χ2n) is 6.30. The summed E-state index contributed by atoms with van der Waals surface area (Å²) in [5, 5.41) is 16.9. The molecule has 2 saturated heterocycles. The van der Waals surface area contributed by atoms with E-state index in [2.05, 4.69) is 31.2 Å². The van der Waals surface area contributed by atoms with Crippen LogP contribution in [0.1, 0.15) is 36.7 Å². The lowest BCUT2D eigenvalue weighted by molar-refractivity contribution is -0.127. The van der Waals surface area contributed by atoms with E-state index in [0.717, 1.165) is 25.9 Å². The van der Waals surface area contributed by atoms with Gasteiger partial charge in [-0.2, -0.15) is 0 Å². The third kappa shape index (κ3) is 3.85. The number of likely N-dealkylation sites (tertiary alicyclic amines) is 1. The minimum atomic E-state index is -0.186. The molecule has 9 heteroatoms. The fourth-order valence-electron chi connectivity index (χ4n) is 3.07. The molecule has 126 valence electrons. The zero-order valence-corrected chi connectivity index (χ0v) is 13.5. The Balaban J connectivity index is 1.48. The maximum absolute atomic E-state index is 12.1. The summed E-state index contributed by atoms with van der Waals surface area (Å²) in [4.78, 5) is 25.9. The van der Waals surface area contributed by atoms with E-state index in [1.54, 1.807) is 13.2 Å². The van der Waals surface area contributed by atoms with Crippen LogP contribution in [0.2, 0.25) is 0 Å². The van der Waals surface area contributed by atoms with Crippen molar-refractivity contribution in [1.82, 2.24) is 35.8 Å². The Morgan fingerprint density at radius 3 is 2.74 bits per heavy atom. The topological polar surface area (TPSA) is 104 Å².